The Balaban J connectivity index is 1.72. The normalized spacial score (nSPS) is 15.4. The summed E-state index contributed by atoms with van der Waals surface area (Å²) in [4.78, 5) is 89.7. The number of carbonyl (C=O) groups excluding carboxylic acids is 7. The topological polar surface area (TPSA) is 215 Å². The minimum atomic E-state index is -1.06. The Morgan fingerprint density at radius 2 is 1.40 bits per heavy atom. The molecule has 1 aliphatic rings. The molecule has 1 saturated carbocycles. The first-order valence-electron chi connectivity index (χ1n) is 20.1. The number of Topliss-reactive ketones (excluding diaryl/α,β-unsaturated/α-hetero) is 1. The summed E-state index contributed by atoms with van der Waals surface area (Å²) in [6, 6.07) is 7.74. The Morgan fingerprint density at radius 3 is 1.98 bits per heavy atom. The van der Waals surface area contributed by atoms with Gasteiger partial charge in [0.05, 0.1) is 6.04 Å². The molecule has 1 aliphatic carbocycles. The minimum Gasteiger partial charge on any atom is -0.463 e. The highest BCUT2D eigenvalue weighted by Gasteiger charge is 2.32. The molecule has 3 rings (SSSR count). The number of benzene rings is 2. The summed E-state index contributed by atoms with van der Waals surface area (Å²) in [7, 11) is 0. The molecule has 15 heteroatoms. The highest BCUT2D eigenvalue weighted by Crippen LogP contribution is 2.24. The second kappa shape index (κ2) is 25.0. The zero-order valence-corrected chi connectivity index (χ0v) is 33.1. The largest absolute Gasteiger partial charge is 0.463 e. The fraction of sp³-hybridized carbons (Fsp3) is 0.548. The zero-order valence-electron chi connectivity index (χ0n) is 33.1. The van der Waals surface area contributed by atoms with Crippen molar-refractivity contribution in [2.75, 3.05) is 11.9 Å². The molecule has 57 heavy (non-hydrogen) atoms. The van der Waals surface area contributed by atoms with Crippen molar-refractivity contribution in [3.05, 3.63) is 65.5 Å². The molecule has 0 saturated heterocycles. The van der Waals surface area contributed by atoms with Crippen LogP contribution in [0.4, 0.5) is 14.9 Å². The molecular weight excluding hydrogens is 735 g/mol. The van der Waals surface area contributed by atoms with Gasteiger partial charge in [0.2, 0.25) is 17.7 Å². The predicted molar refractivity (Wildman–Crippen MR) is 213 cm³/mol. The Hall–Kier alpha value is -5.34. The van der Waals surface area contributed by atoms with Gasteiger partial charge in [-0.15, -0.1) is 0 Å². The molecule has 2 aromatic rings. The molecule has 0 bridgehead atoms. The highest BCUT2D eigenvalue weighted by molar-refractivity contribution is 5.99. The summed E-state index contributed by atoms with van der Waals surface area (Å²) in [5, 5.41) is 13.5. The van der Waals surface area contributed by atoms with Crippen LogP contribution >= 0.6 is 0 Å². The zero-order chi connectivity index (χ0) is 41.6. The van der Waals surface area contributed by atoms with E-state index in [1.54, 1.807) is 38.1 Å². The van der Waals surface area contributed by atoms with Gasteiger partial charge < -0.3 is 37.1 Å². The summed E-state index contributed by atoms with van der Waals surface area (Å²) in [5.41, 5.74) is 6.48. The average molecular weight is 795 g/mol. The van der Waals surface area contributed by atoms with Gasteiger partial charge in [-0.05, 0) is 80.0 Å². The van der Waals surface area contributed by atoms with E-state index in [0.29, 0.717) is 37.0 Å². The maximum absolute atomic E-state index is 14.1. The van der Waals surface area contributed by atoms with Crippen molar-refractivity contribution >= 4 is 47.6 Å². The lowest BCUT2D eigenvalue weighted by Gasteiger charge is -2.26. The third kappa shape index (κ3) is 17.1. The van der Waals surface area contributed by atoms with Crippen molar-refractivity contribution in [2.45, 2.75) is 128 Å². The van der Waals surface area contributed by atoms with Crippen LogP contribution in [0.15, 0.2) is 48.5 Å². The van der Waals surface area contributed by atoms with Gasteiger partial charge in [-0.2, -0.15) is 0 Å². The van der Waals surface area contributed by atoms with Gasteiger partial charge in [0, 0.05) is 30.1 Å². The van der Waals surface area contributed by atoms with E-state index in [1.807, 2.05) is 0 Å². The summed E-state index contributed by atoms with van der Waals surface area (Å²) in [6.45, 7) is 4.03. The number of halogens is 1. The van der Waals surface area contributed by atoms with E-state index < -0.39 is 59.5 Å². The molecular formula is C42H59FN6O8. The first-order valence-corrected chi connectivity index (χ1v) is 20.1. The van der Waals surface area contributed by atoms with Crippen molar-refractivity contribution < 1.29 is 42.7 Å². The number of urea groups is 1. The van der Waals surface area contributed by atoms with Crippen molar-refractivity contribution in [1.82, 2.24) is 21.3 Å². The molecule has 1 fully saturated rings. The number of rotatable bonds is 20. The smallest absolute Gasteiger partial charge is 0.312 e. The van der Waals surface area contributed by atoms with Crippen LogP contribution in [-0.4, -0.2) is 66.6 Å². The van der Waals surface area contributed by atoms with Crippen LogP contribution in [0, 0.1) is 17.7 Å². The maximum Gasteiger partial charge on any atom is 0.312 e. The lowest BCUT2D eigenvalue weighted by molar-refractivity contribution is -0.132. The lowest BCUT2D eigenvalue weighted by atomic mass is 9.86. The molecule has 2 aromatic carbocycles. The van der Waals surface area contributed by atoms with Crippen LogP contribution in [0.5, 0.6) is 0 Å². The SMILES string of the molecule is CC(C)[C@H](NC(=O)CC[C@H](NC(=O)c1ccc(F)cc1)C(=O)C1CCCCCCCCCC1)C(=O)N[C@@H](CCCNC(N)=O)C(=O)Nc1ccc(COC=O)cc1. The van der Waals surface area contributed by atoms with Gasteiger partial charge in [-0.3, -0.25) is 28.8 Å². The number of amides is 6. The van der Waals surface area contributed by atoms with Crippen LogP contribution in [-0.2, 0) is 35.3 Å². The van der Waals surface area contributed by atoms with Crippen LogP contribution in [0.3, 0.4) is 0 Å². The number of hydrogen-bond acceptors (Lipinski definition) is 8. The summed E-state index contributed by atoms with van der Waals surface area (Å²) in [5.74, 6) is -3.56. The van der Waals surface area contributed by atoms with E-state index in [2.05, 4.69) is 26.6 Å². The van der Waals surface area contributed by atoms with Gasteiger partial charge in [0.1, 0.15) is 24.5 Å². The van der Waals surface area contributed by atoms with E-state index in [-0.39, 0.29) is 49.7 Å². The number of primary amides is 1. The standard InChI is InChI=1S/C42H59FN6O8/c1-28(2)37(41(55)48-35(14-11-25-45-42(44)56)40(54)46-33-21-15-29(16-22-33)26-57-27-50)49-36(51)24-23-34(47-39(53)31-17-19-32(43)20-18-31)38(52)30-12-9-7-5-3-4-6-8-10-13-30/h15-22,27-28,30,34-35,37H,3-14,23-26H2,1-2H3,(H,46,54)(H,47,53)(H,48,55)(H,49,51)(H3,44,45,56)/t34-,35-,37-/m0/s1. The maximum atomic E-state index is 14.1. The summed E-state index contributed by atoms with van der Waals surface area (Å²) >= 11 is 0. The van der Waals surface area contributed by atoms with Crippen LogP contribution in [0.25, 0.3) is 0 Å². The summed E-state index contributed by atoms with van der Waals surface area (Å²) < 4.78 is 18.4. The average Bonchev–Trinajstić information content (AvgIpc) is 3.25. The summed E-state index contributed by atoms with van der Waals surface area (Å²) in [6.07, 6.45) is 10.0. The third-order valence-corrected chi connectivity index (χ3v) is 10.1. The lowest BCUT2D eigenvalue weighted by Crippen LogP contribution is -2.54. The first-order chi connectivity index (χ1) is 27.4. The number of ketones is 1. The molecule has 14 nitrogen and oxygen atoms in total. The molecule has 0 aromatic heterocycles. The number of nitrogens with two attached hydrogens (primary N) is 1. The van der Waals surface area contributed by atoms with Gasteiger partial charge in [0.15, 0.2) is 5.78 Å². The Morgan fingerprint density at radius 1 is 0.789 bits per heavy atom. The van der Waals surface area contributed by atoms with E-state index in [1.165, 1.54) is 37.1 Å². The predicted octanol–water partition coefficient (Wildman–Crippen LogP) is 5.19. The second-order valence-corrected chi connectivity index (χ2v) is 15.0. The van der Waals surface area contributed by atoms with E-state index in [9.17, 15) is 38.0 Å². The molecule has 3 atom stereocenters. The Kier molecular flexibility index (Phi) is 20.2. The molecule has 0 unspecified atom stereocenters. The number of hydrogen-bond donors (Lipinski definition) is 6. The van der Waals surface area contributed by atoms with Crippen molar-refractivity contribution in [2.24, 2.45) is 17.6 Å². The number of carbonyl (C=O) groups is 7. The molecule has 6 amide bonds. The van der Waals surface area contributed by atoms with Gasteiger partial charge in [-0.1, -0.05) is 77.3 Å². The number of ether oxygens (including phenoxy) is 1. The van der Waals surface area contributed by atoms with Crippen molar-refractivity contribution in [3.8, 4) is 0 Å². The minimum absolute atomic E-state index is 0.0154. The first kappa shape index (κ1) is 46.0. The number of nitrogens with one attached hydrogen (secondary N) is 5. The van der Waals surface area contributed by atoms with E-state index in [4.69, 9.17) is 10.5 Å². The number of anilines is 1. The Bertz CT molecular complexity index is 1610. The fourth-order valence-electron chi connectivity index (χ4n) is 6.83. The van der Waals surface area contributed by atoms with Crippen LogP contribution in [0.2, 0.25) is 0 Å². The third-order valence-electron chi connectivity index (χ3n) is 10.1. The molecule has 7 N–H and O–H groups in total. The molecule has 0 spiro atoms. The van der Waals surface area contributed by atoms with E-state index in [0.717, 1.165) is 38.5 Å². The molecule has 0 heterocycles. The van der Waals surface area contributed by atoms with Gasteiger partial charge in [0.25, 0.3) is 12.4 Å². The molecule has 0 radical (unpaired) electrons. The second-order valence-electron chi connectivity index (χ2n) is 15.0. The highest BCUT2D eigenvalue weighted by atomic mass is 19.1. The van der Waals surface area contributed by atoms with Gasteiger partial charge >= 0.3 is 6.03 Å². The Labute approximate surface area is 334 Å². The molecule has 312 valence electrons. The van der Waals surface area contributed by atoms with Crippen molar-refractivity contribution in [1.29, 1.82) is 0 Å². The fourth-order valence-corrected chi connectivity index (χ4v) is 6.83. The van der Waals surface area contributed by atoms with Crippen LogP contribution < -0.4 is 32.3 Å². The monoisotopic (exact) mass is 794 g/mol. The van der Waals surface area contributed by atoms with Crippen molar-refractivity contribution in [3.63, 3.8) is 0 Å². The quantitative estimate of drug-likeness (QED) is 0.0773. The van der Waals surface area contributed by atoms with E-state index >= 15 is 0 Å². The van der Waals surface area contributed by atoms with Crippen LogP contribution in [0.1, 0.15) is 120 Å². The molecule has 0 aliphatic heterocycles. The van der Waals surface area contributed by atoms with Gasteiger partial charge in [-0.25, -0.2) is 9.18 Å².